The fourth-order valence-corrected chi connectivity index (χ4v) is 2.77. The van der Waals surface area contributed by atoms with Gasteiger partial charge in [-0.15, -0.1) is 11.3 Å². The van der Waals surface area contributed by atoms with Crippen molar-refractivity contribution in [1.82, 2.24) is 20.4 Å². The van der Waals surface area contributed by atoms with E-state index in [1.54, 1.807) is 18.3 Å². The predicted octanol–water partition coefficient (Wildman–Crippen LogP) is 4.18. The summed E-state index contributed by atoms with van der Waals surface area (Å²) in [5, 5.41) is 14.5. The molecule has 5 nitrogen and oxygen atoms in total. The zero-order valence-corrected chi connectivity index (χ0v) is 12.7. The predicted molar refractivity (Wildman–Crippen MR) is 80.7 cm³/mol. The van der Waals surface area contributed by atoms with Crippen LogP contribution in [0.25, 0.3) is 0 Å². The molecule has 2 aromatic heterocycles. The molecule has 0 aliphatic heterocycles. The van der Waals surface area contributed by atoms with E-state index in [4.69, 9.17) is 0 Å². The number of aromatic amines is 1. The van der Waals surface area contributed by atoms with Gasteiger partial charge in [0.2, 0.25) is 0 Å². The van der Waals surface area contributed by atoms with E-state index < -0.39 is 11.9 Å². The summed E-state index contributed by atoms with van der Waals surface area (Å²) in [4.78, 5) is 3.53. The first-order valence-electron chi connectivity index (χ1n) is 6.69. The third-order valence-corrected chi connectivity index (χ3v) is 4.09. The maximum atomic E-state index is 12.5. The van der Waals surface area contributed by atoms with Gasteiger partial charge in [-0.1, -0.05) is 19.1 Å². The van der Waals surface area contributed by atoms with Crippen LogP contribution in [-0.2, 0) is 6.18 Å². The summed E-state index contributed by atoms with van der Waals surface area (Å²) in [6.07, 6.45) is -2.77. The van der Waals surface area contributed by atoms with Crippen LogP contribution in [0.4, 0.5) is 24.0 Å². The Morgan fingerprint density at radius 3 is 2.52 bits per heavy atom. The number of nitrogens with one attached hydrogen (secondary N) is 2. The quantitative estimate of drug-likeness (QED) is 0.748. The maximum absolute atomic E-state index is 12.5. The summed E-state index contributed by atoms with van der Waals surface area (Å²) in [6.45, 7) is 2.00. The normalized spacial score (nSPS) is 13.0. The van der Waals surface area contributed by atoms with E-state index in [0.29, 0.717) is 5.69 Å². The molecule has 0 amide bonds. The van der Waals surface area contributed by atoms with Crippen LogP contribution in [-0.4, -0.2) is 20.4 Å². The second kappa shape index (κ2) is 5.99. The molecule has 0 fully saturated rings. The molecule has 0 spiro atoms. The number of nitrogens with zero attached hydrogens (tertiary/aromatic N) is 3. The molecule has 2 N–H and O–H groups in total. The van der Waals surface area contributed by atoms with Crippen LogP contribution < -0.4 is 5.32 Å². The molecule has 1 atom stereocenters. The summed E-state index contributed by atoms with van der Waals surface area (Å²) in [6, 6.07) is 7.36. The van der Waals surface area contributed by atoms with E-state index >= 15 is 0 Å². The zero-order valence-electron chi connectivity index (χ0n) is 11.9. The number of rotatable bonds is 4. The van der Waals surface area contributed by atoms with E-state index in [1.807, 2.05) is 19.1 Å². The highest BCUT2D eigenvalue weighted by molar-refractivity contribution is 7.13. The Balaban J connectivity index is 1.71. The van der Waals surface area contributed by atoms with Gasteiger partial charge in [-0.05, 0) is 17.7 Å². The first kappa shape index (κ1) is 15.5. The largest absolute Gasteiger partial charge is 0.434 e. The minimum atomic E-state index is -4.42. The maximum Gasteiger partial charge on any atom is 0.434 e. The molecular weight excluding hydrogens is 327 g/mol. The minimum absolute atomic E-state index is 0.0690. The molecule has 23 heavy (non-hydrogen) atoms. The Labute approximate surface area is 133 Å². The topological polar surface area (TPSA) is 66.5 Å². The van der Waals surface area contributed by atoms with Gasteiger partial charge < -0.3 is 5.32 Å². The molecule has 3 rings (SSSR count). The van der Waals surface area contributed by atoms with Gasteiger partial charge in [0.05, 0.1) is 11.9 Å². The number of hydrogen-bond acceptors (Lipinski definition) is 5. The number of H-pyrrole nitrogens is 1. The van der Waals surface area contributed by atoms with Crippen molar-refractivity contribution in [3.8, 4) is 0 Å². The average Bonchev–Trinajstić information content (AvgIpc) is 3.18. The van der Waals surface area contributed by atoms with Crippen molar-refractivity contribution in [2.24, 2.45) is 0 Å². The van der Waals surface area contributed by atoms with E-state index in [1.165, 1.54) is 0 Å². The van der Waals surface area contributed by atoms with Gasteiger partial charge in [0.15, 0.2) is 10.8 Å². The van der Waals surface area contributed by atoms with Crippen LogP contribution in [0.5, 0.6) is 0 Å². The van der Waals surface area contributed by atoms with E-state index in [-0.39, 0.29) is 11.0 Å². The molecule has 9 heteroatoms. The number of thiazole rings is 1. The Morgan fingerprint density at radius 1 is 1.22 bits per heavy atom. The van der Waals surface area contributed by atoms with Crippen LogP contribution in [0, 0.1) is 0 Å². The lowest BCUT2D eigenvalue weighted by molar-refractivity contribution is -0.140. The van der Waals surface area contributed by atoms with Crippen molar-refractivity contribution in [1.29, 1.82) is 0 Å². The second-order valence-corrected chi connectivity index (χ2v) is 5.76. The number of hydrogen-bond donors (Lipinski definition) is 2. The molecule has 0 unspecified atom stereocenters. The van der Waals surface area contributed by atoms with Crippen LogP contribution in [0.3, 0.4) is 0 Å². The number of benzene rings is 1. The molecular formula is C14H12F3N5S. The van der Waals surface area contributed by atoms with Gasteiger partial charge in [-0.25, -0.2) is 4.98 Å². The van der Waals surface area contributed by atoms with Crippen molar-refractivity contribution in [3.63, 3.8) is 0 Å². The van der Waals surface area contributed by atoms with Crippen LogP contribution in [0.2, 0.25) is 0 Å². The number of halogens is 3. The third-order valence-electron chi connectivity index (χ3n) is 3.33. The van der Waals surface area contributed by atoms with E-state index in [9.17, 15) is 13.2 Å². The fraction of sp³-hybridized carbons (Fsp3) is 0.214. The highest BCUT2D eigenvalue weighted by Crippen LogP contribution is 2.33. The lowest BCUT2D eigenvalue weighted by atomic mass is 9.98. The van der Waals surface area contributed by atoms with Crippen molar-refractivity contribution in [2.75, 3.05) is 5.32 Å². The zero-order chi connectivity index (χ0) is 16.4. The molecule has 0 saturated carbocycles. The van der Waals surface area contributed by atoms with E-state index in [0.717, 1.165) is 28.0 Å². The van der Waals surface area contributed by atoms with Crippen LogP contribution in [0.15, 0.2) is 35.8 Å². The van der Waals surface area contributed by atoms with Crippen LogP contribution in [0.1, 0.15) is 29.8 Å². The summed E-state index contributed by atoms with van der Waals surface area (Å²) in [5.74, 6) is 0.0690. The lowest BCUT2D eigenvalue weighted by Crippen LogP contribution is -2.05. The Kier molecular flexibility index (Phi) is 4.03. The highest BCUT2D eigenvalue weighted by atomic mass is 32.1. The molecule has 0 bridgehead atoms. The molecule has 2 heterocycles. The van der Waals surface area contributed by atoms with Gasteiger partial charge in [0.1, 0.15) is 0 Å². The van der Waals surface area contributed by atoms with Crippen molar-refractivity contribution in [2.45, 2.75) is 19.0 Å². The molecule has 120 valence electrons. The molecule has 0 aliphatic rings. The van der Waals surface area contributed by atoms with Gasteiger partial charge >= 0.3 is 6.18 Å². The summed E-state index contributed by atoms with van der Waals surface area (Å²) < 4.78 is 37.6. The van der Waals surface area contributed by atoms with E-state index in [2.05, 4.69) is 25.7 Å². The Bertz CT molecular complexity index is 765. The average molecular weight is 339 g/mol. The SMILES string of the molecule is C[C@H](c1ccc(Nc2nc(C(F)(F)F)cs2)cc1)c1cn[nH]n1. The second-order valence-electron chi connectivity index (χ2n) is 4.90. The van der Waals surface area contributed by atoms with Gasteiger partial charge in [-0.3, -0.25) is 0 Å². The third kappa shape index (κ3) is 3.50. The van der Waals surface area contributed by atoms with Crippen molar-refractivity contribution >= 4 is 22.2 Å². The smallest absolute Gasteiger partial charge is 0.332 e. The van der Waals surface area contributed by atoms with Crippen LogP contribution >= 0.6 is 11.3 Å². The first-order valence-corrected chi connectivity index (χ1v) is 7.57. The lowest BCUT2D eigenvalue weighted by Gasteiger charge is -2.09. The van der Waals surface area contributed by atoms with Crippen molar-refractivity contribution < 1.29 is 13.2 Å². The fourth-order valence-electron chi connectivity index (χ4n) is 2.03. The van der Waals surface area contributed by atoms with Crippen molar-refractivity contribution in [3.05, 3.63) is 52.8 Å². The first-order chi connectivity index (χ1) is 10.9. The Hall–Kier alpha value is -2.42. The monoisotopic (exact) mass is 339 g/mol. The number of anilines is 2. The summed E-state index contributed by atoms with van der Waals surface area (Å²) in [7, 11) is 0. The standard InChI is InChI=1S/C14H12F3N5S/c1-8(11-6-18-22-21-11)9-2-4-10(5-3-9)19-13-20-12(7-23-13)14(15,16)17/h2-8H,1H3,(H,19,20)(H,18,21,22)/t8-/m1/s1. The molecule has 0 radical (unpaired) electrons. The summed E-state index contributed by atoms with van der Waals surface area (Å²) in [5.41, 5.74) is 1.63. The minimum Gasteiger partial charge on any atom is -0.332 e. The number of aromatic nitrogens is 4. The van der Waals surface area contributed by atoms with Gasteiger partial charge in [0, 0.05) is 17.0 Å². The highest BCUT2D eigenvalue weighted by Gasteiger charge is 2.33. The molecule has 3 aromatic rings. The summed E-state index contributed by atoms with van der Waals surface area (Å²) >= 11 is 0.915. The molecule has 0 aliphatic carbocycles. The molecule has 0 saturated heterocycles. The molecule has 1 aromatic carbocycles. The Morgan fingerprint density at radius 2 is 1.96 bits per heavy atom. The van der Waals surface area contributed by atoms with Gasteiger partial charge in [0.25, 0.3) is 0 Å². The van der Waals surface area contributed by atoms with Gasteiger partial charge in [-0.2, -0.15) is 28.6 Å². The number of alkyl halides is 3.